The van der Waals surface area contributed by atoms with Gasteiger partial charge in [0.15, 0.2) is 0 Å². The largest absolute Gasteiger partial charge is 0.478 e. The van der Waals surface area contributed by atoms with E-state index in [4.69, 9.17) is 9.84 Å². The second kappa shape index (κ2) is 5.70. The average molecular weight is 289 g/mol. The van der Waals surface area contributed by atoms with Gasteiger partial charge in [-0.05, 0) is 24.6 Å². The van der Waals surface area contributed by atoms with Gasteiger partial charge in [0.25, 0.3) is 0 Å². The number of rotatable bonds is 4. The third kappa shape index (κ3) is 3.41. The van der Waals surface area contributed by atoms with Crippen molar-refractivity contribution in [2.45, 2.75) is 12.6 Å². The summed E-state index contributed by atoms with van der Waals surface area (Å²) in [7, 11) is 0. The fourth-order valence-electron chi connectivity index (χ4n) is 2.08. The highest BCUT2D eigenvalue weighted by Gasteiger charge is 2.35. The highest BCUT2D eigenvalue weighted by molar-refractivity contribution is 5.90. The first-order chi connectivity index (χ1) is 9.38. The van der Waals surface area contributed by atoms with Crippen molar-refractivity contribution in [3.8, 4) is 0 Å². The number of halogens is 3. The Morgan fingerprint density at radius 2 is 2.20 bits per heavy atom. The van der Waals surface area contributed by atoms with Crippen LogP contribution in [-0.4, -0.2) is 30.8 Å². The molecule has 1 aliphatic rings. The summed E-state index contributed by atoms with van der Waals surface area (Å²) in [6.07, 6.45) is -3.83. The molecular weight excluding hydrogens is 275 g/mol. The molecule has 1 aromatic carbocycles. The van der Waals surface area contributed by atoms with Crippen LogP contribution in [0.15, 0.2) is 18.2 Å². The maximum atomic E-state index is 12.8. The molecule has 0 aromatic heterocycles. The van der Waals surface area contributed by atoms with Crippen LogP contribution < -0.4 is 5.32 Å². The van der Waals surface area contributed by atoms with Crippen LogP contribution in [0.5, 0.6) is 0 Å². The van der Waals surface area contributed by atoms with Crippen molar-refractivity contribution < 1.29 is 27.8 Å². The van der Waals surface area contributed by atoms with E-state index in [0.717, 1.165) is 18.6 Å². The van der Waals surface area contributed by atoms with Crippen LogP contribution in [-0.2, 0) is 10.9 Å². The Morgan fingerprint density at radius 3 is 2.75 bits per heavy atom. The highest BCUT2D eigenvalue weighted by Crippen LogP contribution is 2.34. The normalized spacial score (nSPS) is 19.1. The number of hydrogen-bond acceptors (Lipinski definition) is 3. The molecule has 0 spiro atoms. The Morgan fingerprint density at radius 1 is 1.45 bits per heavy atom. The van der Waals surface area contributed by atoms with Gasteiger partial charge in [0.1, 0.15) is 0 Å². The van der Waals surface area contributed by atoms with Crippen LogP contribution in [0.4, 0.5) is 18.9 Å². The number of nitrogens with one attached hydrogen (secondary N) is 1. The van der Waals surface area contributed by atoms with Crippen LogP contribution in [0.2, 0.25) is 0 Å². The maximum absolute atomic E-state index is 12.8. The number of benzene rings is 1. The molecule has 0 amide bonds. The van der Waals surface area contributed by atoms with Crippen molar-refractivity contribution in [3.05, 3.63) is 29.3 Å². The second-order valence-electron chi connectivity index (χ2n) is 4.67. The van der Waals surface area contributed by atoms with Crippen molar-refractivity contribution in [3.63, 3.8) is 0 Å². The Labute approximate surface area is 113 Å². The van der Waals surface area contributed by atoms with Crippen molar-refractivity contribution in [1.29, 1.82) is 0 Å². The second-order valence-corrected chi connectivity index (χ2v) is 4.67. The van der Waals surface area contributed by atoms with Gasteiger partial charge in [-0.15, -0.1) is 0 Å². The zero-order valence-corrected chi connectivity index (χ0v) is 10.5. The lowest BCUT2D eigenvalue weighted by Gasteiger charge is -2.15. The van der Waals surface area contributed by atoms with Gasteiger partial charge in [-0.3, -0.25) is 0 Å². The van der Waals surface area contributed by atoms with E-state index >= 15 is 0 Å². The van der Waals surface area contributed by atoms with E-state index in [2.05, 4.69) is 5.32 Å². The Bertz CT molecular complexity index is 496. The molecule has 1 atom stereocenters. The fourth-order valence-corrected chi connectivity index (χ4v) is 2.08. The minimum atomic E-state index is -4.69. The predicted octanol–water partition coefficient (Wildman–Crippen LogP) is 2.85. The Balaban J connectivity index is 2.16. The zero-order chi connectivity index (χ0) is 14.8. The monoisotopic (exact) mass is 289 g/mol. The summed E-state index contributed by atoms with van der Waals surface area (Å²) >= 11 is 0. The molecule has 0 aliphatic carbocycles. The highest BCUT2D eigenvalue weighted by atomic mass is 19.4. The molecule has 1 aliphatic heterocycles. The van der Waals surface area contributed by atoms with Gasteiger partial charge in [0, 0.05) is 24.8 Å². The number of alkyl halides is 3. The molecule has 2 N–H and O–H groups in total. The van der Waals surface area contributed by atoms with Crippen LogP contribution >= 0.6 is 0 Å². The topological polar surface area (TPSA) is 58.6 Å². The molecule has 1 fully saturated rings. The molecular formula is C13H14F3NO3. The van der Waals surface area contributed by atoms with Crippen LogP contribution in [0.1, 0.15) is 22.3 Å². The number of carboxylic acids is 1. The van der Waals surface area contributed by atoms with E-state index in [-0.39, 0.29) is 11.6 Å². The van der Waals surface area contributed by atoms with E-state index in [0.29, 0.717) is 19.8 Å². The first-order valence-electron chi connectivity index (χ1n) is 6.14. The summed E-state index contributed by atoms with van der Waals surface area (Å²) < 4.78 is 43.6. The molecule has 1 unspecified atom stereocenters. The molecule has 1 saturated heterocycles. The average Bonchev–Trinajstić information content (AvgIpc) is 2.88. The number of carbonyl (C=O) groups is 1. The van der Waals surface area contributed by atoms with Crippen molar-refractivity contribution in [1.82, 2.24) is 0 Å². The SMILES string of the molecule is O=C(O)c1ccc(NCC2CCOC2)cc1C(F)(F)F. The molecule has 7 heteroatoms. The zero-order valence-electron chi connectivity index (χ0n) is 10.5. The number of anilines is 1. The Kier molecular flexibility index (Phi) is 4.17. The first kappa shape index (κ1) is 14.6. The number of aromatic carboxylic acids is 1. The van der Waals surface area contributed by atoms with Gasteiger partial charge in [-0.1, -0.05) is 0 Å². The van der Waals surface area contributed by atoms with E-state index < -0.39 is 23.3 Å². The Hall–Kier alpha value is -1.76. The quantitative estimate of drug-likeness (QED) is 0.895. The van der Waals surface area contributed by atoms with E-state index in [1.165, 1.54) is 6.07 Å². The molecule has 0 radical (unpaired) electrons. The molecule has 20 heavy (non-hydrogen) atoms. The predicted molar refractivity (Wildman–Crippen MR) is 65.8 cm³/mol. The lowest BCUT2D eigenvalue weighted by Crippen LogP contribution is -2.16. The number of hydrogen-bond donors (Lipinski definition) is 2. The van der Waals surface area contributed by atoms with E-state index in [1.54, 1.807) is 0 Å². The molecule has 1 aromatic rings. The first-order valence-corrected chi connectivity index (χ1v) is 6.14. The summed E-state index contributed by atoms with van der Waals surface area (Å²) in [5, 5.41) is 11.7. The van der Waals surface area contributed by atoms with Gasteiger partial charge in [0.2, 0.25) is 0 Å². The molecule has 1 heterocycles. The molecule has 0 bridgehead atoms. The lowest BCUT2D eigenvalue weighted by atomic mass is 10.1. The molecule has 4 nitrogen and oxygen atoms in total. The summed E-state index contributed by atoms with van der Waals surface area (Å²) in [6.45, 7) is 1.76. The van der Waals surface area contributed by atoms with Crippen molar-refractivity contribution in [2.75, 3.05) is 25.1 Å². The maximum Gasteiger partial charge on any atom is 0.417 e. The van der Waals surface area contributed by atoms with Gasteiger partial charge >= 0.3 is 12.1 Å². The van der Waals surface area contributed by atoms with Crippen molar-refractivity contribution in [2.24, 2.45) is 5.92 Å². The van der Waals surface area contributed by atoms with Gasteiger partial charge < -0.3 is 15.2 Å². The molecule has 2 rings (SSSR count). The molecule has 0 saturated carbocycles. The summed E-state index contributed by atoms with van der Waals surface area (Å²) in [5.74, 6) is -1.32. The van der Waals surface area contributed by atoms with Crippen LogP contribution in [0, 0.1) is 5.92 Å². The van der Waals surface area contributed by atoms with Gasteiger partial charge in [-0.2, -0.15) is 13.2 Å². The third-order valence-corrected chi connectivity index (χ3v) is 3.17. The van der Waals surface area contributed by atoms with E-state index in [9.17, 15) is 18.0 Å². The minimum absolute atomic E-state index is 0.259. The summed E-state index contributed by atoms with van der Waals surface area (Å²) in [5.41, 5.74) is -1.63. The van der Waals surface area contributed by atoms with E-state index in [1.807, 2.05) is 0 Å². The van der Waals surface area contributed by atoms with Crippen LogP contribution in [0.25, 0.3) is 0 Å². The molecule has 110 valence electrons. The number of ether oxygens (including phenoxy) is 1. The smallest absolute Gasteiger partial charge is 0.417 e. The summed E-state index contributed by atoms with van der Waals surface area (Å²) in [4.78, 5) is 10.8. The van der Waals surface area contributed by atoms with Gasteiger partial charge in [-0.25, -0.2) is 4.79 Å². The van der Waals surface area contributed by atoms with Gasteiger partial charge in [0.05, 0.1) is 17.7 Å². The number of carboxylic acid groups (broad SMARTS) is 1. The minimum Gasteiger partial charge on any atom is -0.478 e. The fraction of sp³-hybridized carbons (Fsp3) is 0.462. The summed E-state index contributed by atoms with van der Waals surface area (Å²) in [6, 6.07) is 3.15. The lowest BCUT2D eigenvalue weighted by molar-refractivity contribution is -0.138. The standard InChI is InChI=1S/C13H14F3NO3/c14-13(15,16)11-5-9(1-2-10(11)12(18)19)17-6-8-3-4-20-7-8/h1-2,5,8,17H,3-4,6-7H2,(H,18,19). The van der Waals surface area contributed by atoms with Crippen molar-refractivity contribution >= 4 is 11.7 Å². The van der Waals surface area contributed by atoms with Crippen LogP contribution in [0.3, 0.4) is 0 Å². The third-order valence-electron chi connectivity index (χ3n) is 3.17.